The molecule has 4 nitrogen and oxygen atoms in total. The van der Waals surface area contributed by atoms with E-state index >= 15 is 0 Å². The van der Waals surface area contributed by atoms with Crippen molar-refractivity contribution in [3.8, 4) is 0 Å². The second-order valence-electron chi connectivity index (χ2n) is 4.31. The first-order valence-corrected chi connectivity index (χ1v) is 5.56. The van der Waals surface area contributed by atoms with Crippen LogP contribution in [0.2, 0.25) is 0 Å². The maximum atomic E-state index is 10.3. The summed E-state index contributed by atoms with van der Waals surface area (Å²) in [6, 6.07) is 0.0941. The fraction of sp³-hybridized carbons (Fsp3) is 0.909. The van der Waals surface area contributed by atoms with E-state index in [1.54, 1.807) is 6.92 Å². The maximum absolute atomic E-state index is 10.3. The van der Waals surface area contributed by atoms with Crippen LogP contribution >= 0.6 is 0 Å². The smallest absolute Gasteiger partial charge is 0.303 e. The van der Waals surface area contributed by atoms with E-state index in [9.17, 15) is 9.90 Å². The zero-order chi connectivity index (χ0) is 11.8. The molecular weight excluding hydrogens is 194 g/mol. The molecule has 0 aliphatic rings. The zero-order valence-electron chi connectivity index (χ0n) is 9.86. The van der Waals surface area contributed by atoms with E-state index in [0.717, 1.165) is 19.4 Å². The second kappa shape index (κ2) is 7.65. The highest BCUT2D eigenvalue weighted by molar-refractivity contribution is 5.66. The Morgan fingerprint density at radius 2 is 1.87 bits per heavy atom. The molecule has 3 atom stereocenters. The van der Waals surface area contributed by atoms with Gasteiger partial charge in [-0.25, -0.2) is 0 Å². The number of hydrogen-bond donors (Lipinski definition) is 3. The van der Waals surface area contributed by atoms with Crippen molar-refractivity contribution in [3.63, 3.8) is 0 Å². The average Bonchev–Trinajstić information content (AvgIpc) is 2.14. The molecule has 0 spiro atoms. The molecule has 0 aromatic carbocycles. The number of carboxylic acids is 1. The maximum Gasteiger partial charge on any atom is 0.303 e. The highest BCUT2D eigenvalue weighted by Gasteiger charge is 2.09. The van der Waals surface area contributed by atoms with E-state index in [2.05, 4.69) is 12.2 Å². The van der Waals surface area contributed by atoms with Gasteiger partial charge in [0.15, 0.2) is 0 Å². The summed E-state index contributed by atoms with van der Waals surface area (Å²) >= 11 is 0. The van der Waals surface area contributed by atoms with Gasteiger partial charge in [0.1, 0.15) is 0 Å². The topological polar surface area (TPSA) is 69.6 Å². The highest BCUT2D eigenvalue weighted by Crippen LogP contribution is 2.09. The lowest BCUT2D eigenvalue weighted by Gasteiger charge is -2.18. The predicted octanol–water partition coefficient (Wildman–Crippen LogP) is 1.24. The third kappa shape index (κ3) is 8.39. The Kier molecular flexibility index (Phi) is 7.34. The normalized spacial score (nSPS) is 17.1. The Labute approximate surface area is 91.7 Å². The van der Waals surface area contributed by atoms with Gasteiger partial charge in [-0.3, -0.25) is 4.79 Å². The molecule has 3 N–H and O–H groups in total. The summed E-state index contributed by atoms with van der Waals surface area (Å²) in [7, 11) is 0. The molecule has 0 saturated carbocycles. The summed E-state index contributed by atoms with van der Waals surface area (Å²) in [6.07, 6.45) is 1.57. The van der Waals surface area contributed by atoms with E-state index in [-0.39, 0.29) is 18.6 Å². The first kappa shape index (κ1) is 14.4. The lowest BCUT2D eigenvalue weighted by Crippen LogP contribution is -2.36. The molecule has 3 unspecified atom stereocenters. The summed E-state index contributed by atoms with van der Waals surface area (Å²) in [6.45, 7) is 6.57. The Balaban J connectivity index is 3.46. The molecule has 0 rings (SSSR count). The summed E-state index contributed by atoms with van der Waals surface area (Å²) in [5.41, 5.74) is 0. The monoisotopic (exact) mass is 217 g/mol. The van der Waals surface area contributed by atoms with Crippen LogP contribution in [-0.2, 0) is 4.79 Å². The largest absolute Gasteiger partial charge is 0.481 e. The van der Waals surface area contributed by atoms with Crippen LogP contribution in [0, 0.1) is 5.92 Å². The lowest BCUT2D eigenvalue weighted by atomic mass is 10.0. The minimum atomic E-state index is -0.729. The fourth-order valence-corrected chi connectivity index (χ4v) is 1.24. The van der Waals surface area contributed by atoms with E-state index in [1.165, 1.54) is 0 Å². The number of rotatable bonds is 8. The number of hydrogen-bond acceptors (Lipinski definition) is 3. The molecule has 0 heterocycles. The van der Waals surface area contributed by atoms with Crippen molar-refractivity contribution in [1.29, 1.82) is 0 Å². The number of nitrogens with one attached hydrogen (secondary N) is 1. The molecule has 15 heavy (non-hydrogen) atoms. The van der Waals surface area contributed by atoms with E-state index in [4.69, 9.17) is 5.11 Å². The van der Waals surface area contributed by atoms with Crippen molar-refractivity contribution in [2.75, 3.05) is 6.54 Å². The zero-order valence-corrected chi connectivity index (χ0v) is 9.86. The summed E-state index contributed by atoms with van der Waals surface area (Å²) < 4.78 is 0. The molecule has 0 bridgehead atoms. The Morgan fingerprint density at radius 1 is 1.27 bits per heavy atom. The minimum Gasteiger partial charge on any atom is -0.481 e. The SMILES string of the molecule is CC(CCNC(C)C(C)O)CCC(=O)O. The first-order valence-electron chi connectivity index (χ1n) is 5.56. The van der Waals surface area contributed by atoms with E-state index < -0.39 is 5.97 Å². The molecule has 0 saturated heterocycles. The van der Waals surface area contributed by atoms with E-state index in [1.807, 2.05) is 6.92 Å². The quantitative estimate of drug-likeness (QED) is 0.572. The van der Waals surface area contributed by atoms with Crippen molar-refractivity contribution in [2.45, 2.75) is 52.2 Å². The van der Waals surface area contributed by atoms with Gasteiger partial charge in [-0.1, -0.05) is 6.92 Å². The number of carbonyl (C=O) groups is 1. The molecule has 0 aliphatic carbocycles. The van der Waals surface area contributed by atoms with Crippen LogP contribution in [0.4, 0.5) is 0 Å². The van der Waals surface area contributed by atoms with Gasteiger partial charge in [-0.05, 0) is 39.2 Å². The third-order valence-corrected chi connectivity index (χ3v) is 2.68. The Morgan fingerprint density at radius 3 is 2.33 bits per heavy atom. The van der Waals surface area contributed by atoms with Crippen molar-refractivity contribution < 1.29 is 15.0 Å². The first-order chi connectivity index (χ1) is 6.93. The number of aliphatic hydroxyl groups is 1. The molecule has 90 valence electrons. The van der Waals surface area contributed by atoms with Crippen LogP contribution in [0.3, 0.4) is 0 Å². The van der Waals surface area contributed by atoms with Crippen molar-refractivity contribution >= 4 is 5.97 Å². The van der Waals surface area contributed by atoms with Gasteiger partial charge < -0.3 is 15.5 Å². The van der Waals surface area contributed by atoms with Crippen molar-refractivity contribution in [2.24, 2.45) is 5.92 Å². The van der Waals surface area contributed by atoms with Gasteiger partial charge in [0.2, 0.25) is 0 Å². The van der Waals surface area contributed by atoms with Gasteiger partial charge in [-0.2, -0.15) is 0 Å². The third-order valence-electron chi connectivity index (χ3n) is 2.68. The predicted molar refractivity (Wildman–Crippen MR) is 59.8 cm³/mol. The highest BCUT2D eigenvalue weighted by atomic mass is 16.4. The second-order valence-corrected chi connectivity index (χ2v) is 4.31. The Bertz CT molecular complexity index is 183. The number of carboxylic acid groups (broad SMARTS) is 1. The molecule has 0 fully saturated rings. The van der Waals surface area contributed by atoms with Crippen LogP contribution < -0.4 is 5.32 Å². The van der Waals surface area contributed by atoms with Crippen LogP contribution in [0.5, 0.6) is 0 Å². The average molecular weight is 217 g/mol. The van der Waals surface area contributed by atoms with Crippen molar-refractivity contribution in [3.05, 3.63) is 0 Å². The molecule has 4 heteroatoms. The molecular formula is C11H23NO3. The fourth-order valence-electron chi connectivity index (χ4n) is 1.24. The molecule has 0 aliphatic heterocycles. The van der Waals surface area contributed by atoms with Crippen LogP contribution in [0.1, 0.15) is 40.0 Å². The number of aliphatic carboxylic acids is 1. The summed E-state index contributed by atoms with van der Waals surface area (Å²) in [5, 5.41) is 20.9. The standard InChI is InChI=1S/C11H23NO3/c1-8(4-5-11(14)15)6-7-12-9(2)10(3)13/h8-10,12-13H,4-7H2,1-3H3,(H,14,15). The molecule has 0 radical (unpaired) electrons. The van der Waals surface area contributed by atoms with Gasteiger partial charge >= 0.3 is 5.97 Å². The van der Waals surface area contributed by atoms with Gasteiger partial charge in [-0.15, -0.1) is 0 Å². The lowest BCUT2D eigenvalue weighted by molar-refractivity contribution is -0.137. The van der Waals surface area contributed by atoms with Crippen molar-refractivity contribution in [1.82, 2.24) is 5.32 Å². The summed E-state index contributed by atoms with van der Waals surface area (Å²) in [4.78, 5) is 10.3. The van der Waals surface area contributed by atoms with Gasteiger partial charge in [0.05, 0.1) is 6.10 Å². The van der Waals surface area contributed by atoms with Crippen LogP contribution in [0.25, 0.3) is 0 Å². The minimum absolute atomic E-state index is 0.0941. The van der Waals surface area contributed by atoms with Crippen LogP contribution in [0.15, 0.2) is 0 Å². The van der Waals surface area contributed by atoms with Gasteiger partial charge in [0, 0.05) is 12.5 Å². The van der Waals surface area contributed by atoms with E-state index in [0.29, 0.717) is 5.92 Å². The molecule has 0 aromatic rings. The number of aliphatic hydroxyl groups excluding tert-OH is 1. The molecule has 0 amide bonds. The summed E-state index contributed by atoms with van der Waals surface area (Å²) in [5.74, 6) is -0.318. The Hall–Kier alpha value is -0.610. The molecule has 0 aromatic heterocycles. The van der Waals surface area contributed by atoms with Gasteiger partial charge in [0.25, 0.3) is 0 Å². The van der Waals surface area contributed by atoms with Crippen LogP contribution in [-0.4, -0.2) is 34.9 Å².